The molecule has 0 saturated carbocycles. The molecule has 0 spiro atoms. The van der Waals surface area contributed by atoms with Gasteiger partial charge < -0.3 is 24.6 Å². The Kier molecular flexibility index (Phi) is 5.12. The zero-order valence-electron chi connectivity index (χ0n) is 17.9. The fraction of sp³-hybridized carbons (Fsp3) is 0.360. The summed E-state index contributed by atoms with van der Waals surface area (Å²) >= 11 is 0. The summed E-state index contributed by atoms with van der Waals surface area (Å²) in [6, 6.07) is 15.7. The van der Waals surface area contributed by atoms with Crippen LogP contribution in [0.2, 0.25) is 0 Å². The number of carbonyl (C=O) groups is 2. The maximum Gasteiger partial charge on any atom is 0.308 e. The lowest BCUT2D eigenvalue weighted by molar-refractivity contribution is -0.239. The first kappa shape index (κ1) is 20.9. The van der Waals surface area contributed by atoms with E-state index >= 15 is 0 Å². The average Bonchev–Trinajstić information content (AvgIpc) is 3.26. The quantitative estimate of drug-likeness (QED) is 0.678. The molecule has 4 aliphatic rings. The molecule has 2 aromatic carbocycles. The topological polar surface area (TPSA) is 94.1 Å². The molecule has 1 aliphatic heterocycles. The lowest BCUT2D eigenvalue weighted by Crippen LogP contribution is -2.53. The third kappa shape index (κ3) is 3.08. The summed E-state index contributed by atoms with van der Waals surface area (Å²) in [5.74, 6) is -4.78. The number of rotatable bonds is 6. The largest absolute Gasteiger partial charge is 0.481 e. The summed E-state index contributed by atoms with van der Waals surface area (Å²) < 4.78 is 16.4. The molecule has 0 saturated heterocycles. The normalized spacial score (nSPS) is 31.8. The summed E-state index contributed by atoms with van der Waals surface area (Å²) in [6.45, 7) is 0.0439. The number of carbonyl (C=O) groups excluding carboxylic acids is 1. The van der Waals surface area contributed by atoms with Crippen LogP contribution in [0.25, 0.3) is 0 Å². The number of carboxylic acids is 1. The van der Waals surface area contributed by atoms with Crippen molar-refractivity contribution in [1.29, 1.82) is 0 Å². The van der Waals surface area contributed by atoms with Gasteiger partial charge in [-0.25, -0.2) is 0 Å². The van der Waals surface area contributed by atoms with Crippen LogP contribution in [0.4, 0.5) is 0 Å². The molecule has 4 atom stereocenters. The highest BCUT2D eigenvalue weighted by molar-refractivity contribution is 5.89. The van der Waals surface area contributed by atoms with Crippen LogP contribution in [0.5, 0.6) is 0 Å². The molecule has 32 heavy (non-hydrogen) atoms. The van der Waals surface area contributed by atoms with Gasteiger partial charge in [0.05, 0.1) is 18.4 Å². The van der Waals surface area contributed by atoms with E-state index in [1.807, 2.05) is 48.5 Å². The van der Waals surface area contributed by atoms with E-state index in [4.69, 9.17) is 14.2 Å². The Morgan fingerprint density at radius 3 is 1.94 bits per heavy atom. The molecular formula is C25H25NO6. The number of hydrogen-bond donors (Lipinski definition) is 2. The minimum Gasteiger partial charge on any atom is -0.481 e. The summed E-state index contributed by atoms with van der Waals surface area (Å²) in [7, 11) is 3.01. The van der Waals surface area contributed by atoms with Crippen LogP contribution in [0.3, 0.4) is 0 Å². The minimum atomic E-state index is -1.15. The van der Waals surface area contributed by atoms with E-state index in [0.29, 0.717) is 0 Å². The summed E-state index contributed by atoms with van der Waals surface area (Å²) in [5, 5.41) is 13.1. The lowest BCUT2D eigenvalue weighted by atomic mass is 9.54. The molecule has 7 nitrogen and oxygen atoms in total. The van der Waals surface area contributed by atoms with Gasteiger partial charge in [-0.3, -0.25) is 9.59 Å². The van der Waals surface area contributed by atoms with Gasteiger partial charge >= 0.3 is 5.97 Å². The molecular weight excluding hydrogens is 410 g/mol. The van der Waals surface area contributed by atoms with Crippen molar-refractivity contribution < 1.29 is 28.9 Å². The Hall–Kier alpha value is -3.00. The number of aliphatic carboxylic acids is 1. The number of fused-ring (bicyclic) bond motifs is 1. The van der Waals surface area contributed by atoms with Gasteiger partial charge in [0.25, 0.3) is 0 Å². The number of benzene rings is 2. The molecule has 166 valence electrons. The standard InChI is InChI=1S/C25H25NO6/c1-30-18-11-12-25(31-2,32-18)13-26-23(27)21-19-14-7-3-5-9-16(14)20(22(21)24(28)29)17-10-6-4-8-15(17)19/h3-12,18-22H,13H2,1-2H3,(H,26,27)(H,28,29)/t18-,19?,20?,21+,22+,25-/m0/s1. The Morgan fingerprint density at radius 2 is 1.50 bits per heavy atom. The van der Waals surface area contributed by atoms with E-state index < -0.39 is 29.9 Å². The smallest absolute Gasteiger partial charge is 0.308 e. The summed E-state index contributed by atoms with van der Waals surface area (Å²) in [5.41, 5.74) is 4.02. The Labute approximate surface area is 186 Å². The molecule has 0 fully saturated rings. The second-order valence-electron chi connectivity index (χ2n) is 8.42. The van der Waals surface area contributed by atoms with E-state index in [9.17, 15) is 14.7 Å². The van der Waals surface area contributed by atoms with Gasteiger partial charge in [-0.1, -0.05) is 48.5 Å². The number of methoxy groups -OCH3 is 2. The number of amides is 1. The molecule has 2 aromatic rings. The predicted molar refractivity (Wildman–Crippen MR) is 115 cm³/mol. The first-order valence-corrected chi connectivity index (χ1v) is 10.6. The highest BCUT2D eigenvalue weighted by atomic mass is 16.8. The van der Waals surface area contributed by atoms with Crippen molar-refractivity contribution in [2.75, 3.05) is 20.8 Å². The van der Waals surface area contributed by atoms with Gasteiger partial charge in [0.2, 0.25) is 11.7 Å². The third-order valence-corrected chi connectivity index (χ3v) is 6.94. The Bertz CT molecular complexity index is 1050. The molecule has 1 amide bonds. The number of carboxylic acid groups (broad SMARTS) is 1. The molecule has 1 heterocycles. The van der Waals surface area contributed by atoms with E-state index in [0.717, 1.165) is 22.3 Å². The van der Waals surface area contributed by atoms with E-state index in [1.165, 1.54) is 14.2 Å². The molecule has 2 N–H and O–H groups in total. The fourth-order valence-electron chi connectivity index (χ4n) is 5.53. The average molecular weight is 435 g/mol. The van der Waals surface area contributed by atoms with Crippen molar-refractivity contribution in [1.82, 2.24) is 5.32 Å². The first-order valence-electron chi connectivity index (χ1n) is 10.6. The van der Waals surface area contributed by atoms with Crippen LogP contribution in [-0.2, 0) is 23.8 Å². The van der Waals surface area contributed by atoms with Crippen molar-refractivity contribution in [2.24, 2.45) is 11.8 Å². The predicted octanol–water partition coefficient (Wildman–Crippen LogP) is 2.61. The maximum absolute atomic E-state index is 13.5. The highest BCUT2D eigenvalue weighted by Crippen LogP contribution is 2.58. The first-order chi connectivity index (χ1) is 15.5. The molecule has 3 aliphatic carbocycles. The van der Waals surface area contributed by atoms with Crippen molar-refractivity contribution in [3.63, 3.8) is 0 Å². The van der Waals surface area contributed by atoms with Crippen molar-refractivity contribution in [3.8, 4) is 0 Å². The van der Waals surface area contributed by atoms with E-state index in [-0.39, 0.29) is 24.3 Å². The monoisotopic (exact) mass is 435 g/mol. The van der Waals surface area contributed by atoms with Crippen LogP contribution >= 0.6 is 0 Å². The van der Waals surface area contributed by atoms with Crippen molar-refractivity contribution in [3.05, 3.63) is 82.9 Å². The van der Waals surface area contributed by atoms with Crippen LogP contribution in [0.1, 0.15) is 34.1 Å². The number of hydrogen-bond acceptors (Lipinski definition) is 5. The van der Waals surface area contributed by atoms with Gasteiger partial charge in [0.1, 0.15) is 0 Å². The maximum atomic E-state index is 13.5. The molecule has 7 heteroatoms. The lowest BCUT2D eigenvalue weighted by Gasteiger charge is -2.48. The third-order valence-electron chi connectivity index (χ3n) is 6.94. The molecule has 6 rings (SSSR count). The van der Waals surface area contributed by atoms with Gasteiger partial charge in [0.15, 0.2) is 6.29 Å². The zero-order chi connectivity index (χ0) is 22.5. The SMILES string of the molecule is CO[C@@H]1C=C[C@](CNC(=O)[C@@H]2C3c4ccccc4C(c4ccccc43)[C@H]2C(=O)O)(OC)O1. The zero-order valence-corrected chi connectivity index (χ0v) is 17.9. The van der Waals surface area contributed by atoms with E-state index in [1.54, 1.807) is 12.2 Å². The van der Waals surface area contributed by atoms with Gasteiger partial charge in [-0.05, 0) is 34.4 Å². The highest BCUT2D eigenvalue weighted by Gasteiger charge is 2.55. The van der Waals surface area contributed by atoms with Crippen molar-refractivity contribution in [2.45, 2.75) is 23.9 Å². The van der Waals surface area contributed by atoms with Gasteiger partial charge in [-0.2, -0.15) is 0 Å². The Balaban J connectivity index is 1.50. The number of ether oxygens (including phenoxy) is 3. The molecule has 0 radical (unpaired) electrons. The summed E-state index contributed by atoms with van der Waals surface area (Å²) in [6.07, 6.45) is 2.85. The van der Waals surface area contributed by atoms with Crippen LogP contribution < -0.4 is 5.32 Å². The molecule has 0 aromatic heterocycles. The molecule has 2 bridgehead atoms. The second-order valence-corrected chi connectivity index (χ2v) is 8.42. The van der Waals surface area contributed by atoms with Crippen molar-refractivity contribution >= 4 is 11.9 Å². The van der Waals surface area contributed by atoms with Gasteiger partial charge in [-0.15, -0.1) is 0 Å². The fourth-order valence-corrected chi connectivity index (χ4v) is 5.53. The number of nitrogens with one attached hydrogen (secondary N) is 1. The Morgan fingerprint density at radius 1 is 0.969 bits per heavy atom. The minimum absolute atomic E-state index is 0.0439. The van der Waals surface area contributed by atoms with Crippen LogP contribution in [0.15, 0.2) is 60.7 Å². The van der Waals surface area contributed by atoms with E-state index in [2.05, 4.69) is 5.32 Å². The van der Waals surface area contributed by atoms with Crippen LogP contribution in [0, 0.1) is 11.8 Å². The van der Waals surface area contributed by atoms with Crippen LogP contribution in [-0.4, -0.2) is 49.8 Å². The van der Waals surface area contributed by atoms with Gasteiger partial charge in [0, 0.05) is 26.1 Å². The second kappa shape index (κ2) is 7.85. The summed E-state index contributed by atoms with van der Waals surface area (Å²) in [4.78, 5) is 26.0. The molecule has 0 unspecified atom stereocenters.